The number of hydrogen-bond acceptors (Lipinski definition) is 5. The van der Waals surface area contributed by atoms with Crippen molar-refractivity contribution in [2.24, 2.45) is 5.41 Å². The molecule has 2 N–H and O–H groups in total. The number of nitrogens with zero attached hydrogens (tertiary/aromatic N) is 1. The van der Waals surface area contributed by atoms with Crippen molar-refractivity contribution in [3.8, 4) is 17.2 Å². The molecule has 2 aromatic carbocycles. The maximum atomic E-state index is 13.0. The highest BCUT2D eigenvalue weighted by molar-refractivity contribution is 5.92. The molecule has 1 unspecified atom stereocenters. The van der Waals surface area contributed by atoms with Gasteiger partial charge >= 0.3 is 6.03 Å². The molecule has 0 aromatic heterocycles. The lowest BCUT2D eigenvalue weighted by atomic mass is 9.81. The van der Waals surface area contributed by atoms with Gasteiger partial charge in [0.05, 0.1) is 32.4 Å². The first kappa shape index (κ1) is 23.2. The molecule has 1 saturated heterocycles. The van der Waals surface area contributed by atoms with E-state index in [0.717, 1.165) is 17.7 Å². The first-order valence-electron chi connectivity index (χ1n) is 10.6. The second kappa shape index (κ2) is 10.3. The highest BCUT2D eigenvalue weighted by Gasteiger charge is 2.39. The van der Waals surface area contributed by atoms with Crippen molar-refractivity contribution in [3.05, 3.63) is 48.0 Å². The monoisotopic (exact) mass is 441 g/mol. The maximum absolute atomic E-state index is 13.0. The number of methoxy groups -OCH3 is 3. The summed E-state index contributed by atoms with van der Waals surface area (Å²) in [7, 11) is 4.72. The molecule has 0 aliphatic carbocycles. The molecular formula is C24H31N3O5. The van der Waals surface area contributed by atoms with Gasteiger partial charge in [-0.2, -0.15) is 0 Å². The molecule has 1 aliphatic rings. The van der Waals surface area contributed by atoms with E-state index in [9.17, 15) is 9.59 Å². The summed E-state index contributed by atoms with van der Waals surface area (Å²) >= 11 is 0. The standard InChI is InChI=1S/C24H31N3O5/c1-24(22(28)25-15-17-7-5-8-18(13-17)30-2)11-6-12-27(16-24)23(29)26-20-10-9-19(31-3)14-21(20)32-4/h5,7-10,13-14H,6,11-12,15-16H2,1-4H3,(H,25,28)(H,26,29). The number of carbonyl (C=O) groups excluding carboxylic acids is 2. The molecule has 32 heavy (non-hydrogen) atoms. The maximum Gasteiger partial charge on any atom is 0.321 e. The number of benzene rings is 2. The average Bonchev–Trinajstić information content (AvgIpc) is 2.82. The molecule has 0 bridgehead atoms. The SMILES string of the molecule is COc1cccc(CNC(=O)C2(C)CCCN(C(=O)Nc3ccc(OC)cc3OC)C2)c1. The van der Waals surface area contributed by atoms with Gasteiger partial charge in [0.15, 0.2) is 0 Å². The summed E-state index contributed by atoms with van der Waals surface area (Å²) < 4.78 is 15.8. The second-order valence-electron chi connectivity index (χ2n) is 8.12. The molecule has 0 spiro atoms. The summed E-state index contributed by atoms with van der Waals surface area (Å²) in [5, 5.41) is 5.90. The van der Waals surface area contributed by atoms with E-state index in [1.54, 1.807) is 37.3 Å². The van der Waals surface area contributed by atoms with Crippen LogP contribution in [0.1, 0.15) is 25.3 Å². The van der Waals surface area contributed by atoms with Crippen LogP contribution in [0, 0.1) is 5.41 Å². The minimum Gasteiger partial charge on any atom is -0.497 e. The normalized spacial score (nSPS) is 17.9. The van der Waals surface area contributed by atoms with Crippen molar-refractivity contribution in [2.45, 2.75) is 26.3 Å². The third-order valence-electron chi connectivity index (χ3n) is 5.77. The lowest BCUT2D eigenvalue weighted by Gasteiger charge is -2.39. The largest absolute Gasteiger partial charge is 0.497 e. The van der Waals surface area contributed by atoms with E-state index in [2.05, 4.69) is 10.6 Å². The number of likely N-dealkylation sites (tertiary alicyclic amines) is 1. The number of nitrogens with one attached hydrogen (secondary N) is 2. The van der Waals surface area contributed by atoms with E-state index < -0.39 is 5.41 Å². The van der Waals surface area contributed by atoms with Crippen LogP contribution < -0.4 is 24.8 Å². The minimum atomic E-state index is -0.668. The summed E-state index contributed by atoms with van der Waals surface area (Å²) in [6.07, 6.45) is 1.46. The highest BCUT2D eigenvalue weighted by atomic mass is 16.5. The molecule has 1 atom stereocenters. The molecule has 3 rings (SSSR count). The molecule has 3 amide bonds. The summed E-state index contributed by atoms with van der Waals surface area (Å²) in [5.74, 6) is 1.82. The van der Waals surface area contributed by atoms with E-state index in [4.69, 9.17) is 14.2 Å². The lowest BCUT2D eigenvalue weighted by molar-refractivity contribution is -0.132. The van der Waals surface area contributed by atoms with Gasteiger partial charge in [0, 0.05) is 25.7 Å². The van der Waals surface area contributed by atoms with Crippen LogP contribution in [0.3, 0.4) is 0 Å². The minimum absolute atomic E-state index is 0.0696. The molecule has 2 aromatic rings. The quantitative estimate of drug-likeness (QED) is 0.685. The predicted octanol–water partition coefficient (Wildman–Crippen LogP) is 3.66. The summed E-state index contributed by atoms with van der Waals surface area (Å²) in [6, 6.07) is 12.5. The van der Waals surface area contributed by atoms with Crippen molar-refractivity contribution in [1.82, 2.24) is 10.2 Å². The molecule has 0 radical (unpaired) electrons. The average molecular weight is 442 g/mol. The van der Waals surface area contributed by atoms with Crippen LogP contribution in [0.5, 0.6) is 17.2 Å². The van der Waals surface area contributed by atoms with Crippen molar-refractivity contribution in [3.63, 3.8) is 0 Å². The number of hydrogen-bond donors (Lipinski definition) is 2. The topological polar surface area (TPSA) is 89.1 Å². The Hall–Kier alpha value is -3.42. The van der Waals surface area contributed by atoms with E-state index in [1.165, 1.54) is 7.11 Å². The molecule has 8 heteroatoms. The fourth-order valence-corrected chi connectivity index (χ4v) is 3.87. The summed E-state index contributed by atoms with van der Waals surface area (Å²) in [6.45, 7) is 3.23. The van der Waals surface area contributed by atoms with Gasteiger partial charge in [-0.25, -0.2) is 4.79 Å². The van der Waals surface area contributed by atoms with Crippen LogP contribution in [0.4, 0.5) is 10.5 Å². The zero-order chi connectivity index (χ0) is 23.1. The smallest absolute Gasteiger partial charge is 0.321 e. The van der Waals surface area contributed by atoms with Crippen molar-refractivity contribution in [2.75, 3.05) is 39.7 Å². The zero-order valence-electron chi connectivity index (χ0n) is 19.1. The fourth-order valence-electron chi connectivity index (χ4n) is 3.87. The summed E-state index contributed by atoms with van der Waals surface area (Å²) in [5.41, 5.74) is 0.838. The van der Waals surface area contributed by atoms with E-state index in [1.807, 2.05) is 31.2 Å². The van der Waals surface area contributed by atoms with E-state index in [-0.39, 0.29) is 11.9 Å². The van der Waals surface area contributed by atoms with Crippen LogP contribution in [0.25, 0.3) is 0 Å². The Morgan fingerprint density at radius 3 is 2.50 bits per heavy atom. The van der Waals surface area contributed by atoms with Crippen LogP contribution in [0.15, 0.2) is 42.5 Å². The molecule has 8 nitrogen and oxygen atoms in total. The molecule has 172 valence electrons. The molecule has 1 fully saturated rings. The predicted molar refractivity (Wildman–Crippen MR) is 122 cm³/mol. The molecule has 0 saturated carbocycles. The Balaban J connectivity index is 1.62. The number of piperidine rings is 1. The van der Waals surface area contributed by atoms with Crippen LogP contribution in [-0.2, 0) is 11.3 Å². The van der Waals surface area contributed by atoms with Gasteiger partial charge in [0.25, 0.3) is 0 Å². The Labute approximate surface area is 188 Å². The van der Waals surface area contributed by atoms with Crippen LogP contribution in [-0.4, -0.2) is 51.3 Å². The Bertz CT molecular complexity index is 964. The molecule has 1 heterocycles. The summed E-state index contributed by atoms with van der Waals surface area (Å²) in [4.78, 5) is 27.6. The van der Waals surface area contributed by atoms with Crippen LogP contribution in [0.2, 0.25) is 0 Å². The van der Waals surface area contributed by atoms with Gasteiger partial charge in [-0.15, -0.1) is 0 Å². The third-order valence-corrected chi connectivity index (χ3v) is 5.77. The van der Waals surface area contributed by atoms with Crippen molar-refractivity contribution in [1.29, 1.82) is 0 Å². The Morgan fingerprint density at radius 2 is 1.78 bits per heavy atom. The number of ether oxygens (including phenoxy) is 3. The van der Waals surface area contributed by atoms with E-state index in [0.29, 0.717) is 43.2 Å². The van der Waals surface area contributed by atoms with Gasteiger partial charge in [-0.1, -0.05) is 12.1 Å². The van der Waals surface area contributed by atoms with Gasteiger partial charge in [0.2, 0.25) is 5.91 Å². The Kier molecular flexibility index (Phi) is 7.45. The van der Waals surface area contributed by atoms with Crippen molar-refractivity contribution >= 4 is 17.6 Å². The Morgan fingerprint density at radius 1 is 1.03 bits per heavy atom. The van der Waals surface area contributed by atoms with E-state index >= 15 is 0 Å². The van der Waals surface area contributed by atoms with Gasteiger partial charge in [0.1, 0.15) is 17.2 Å². The van der Waals surface area contributed by atoms with Crippen molar-refractivity contribution < 1.29 is 23.8 Å². The number of rotatable bonds is 7. The first-order valence-corrected chi connectivity index (χ1v) is 10.6. The number of amides is 3. The van der Waals surface area contributed by atoms with Gasteiger partial charge < -0.3 is 29.7 Å². The van der Waals surface area contributed by atoms with Crippen LogP contribution >= 0.6 is 0 Å². The highest BCUT2D eigenvalue weighted by Crippen LogP contribution is 2.32. The number of urea groups is 1. The molecular weight excluding hydrogens is 410 g/mol. The first-order chi connectivity index (χ1) is 15.4. The van der Waals surface area contributed by atoms with Gasteiger partial charge in [-0.05, 0) is 49.6 Å². The lowest BCUT2D eigenvalue weighted by Crippen LogP contribution is -2.52. The zero-order valence-corrected chi connectivity index (χ0v) is 19.1. The third kappa shape index (κ3) is 5.43. The molecule has 1 aliphatic heterocycles. The second-order valence-corrected chi connectivity index (χ2v) is 8.12. The van der Waals surface area contributed by atoms with Gasteiger partial charge in [-0.3, -0.25) is 4.79 Å². The number of carbonyl (C=O) groups is 2. The fraction of sp³-hybridized carbons (Fsp3) is 0.417. The number of anilines is 1.